The van der Waals surface area contributed by atoms with E-state index in [0.717, 1.165) is 56.0 Å². The van der Waals surface area contributed by atoms with Gasteiger partial charge in [-0.1, -0.05) is 212 Å². The van der Waals surface area contributed by atoms with Crippen LogP contribution in [-0.2, 0) is 0 Å². The minimum absolute atomic E-state index is 0.677. The van der Waals surface area contributed by atoms with Crippen molar-refractivity contribution in [1.29, 1.82) is 0 Å². The van der Waals surface area contributed by atoms with E-state index < -0.39 is 0 Å². The first-order chi connectivity index (χ1) is 33.2. The van der Waals surface area contributed by atoms with Gasteiger partial charge in [0.2, 0.25) is 0 Å². The van der Waals surface area contributed by atoms with Gasteiger partial charge in [-0.3, -0.25) is 0 Å². The van der Waals surface area contributed by atoms with E-state index in [4.69, 9.17) is 9.97 Å². The van der Waals surface area contributed by atoms with Crippen molar-refractivity contribution >= 4 is 54.1 Å². The van der Waals surface area contributed by atoms with Crippen molar-refractivity contribution in [2.45, 2.75) is 0 Å². The second kappa shape index (κ2) is 16.0. The molecule has 0 saturated carbocycles. The molecular formula is C64H41N3. The Labute approximate surface area is 388 Å². The number of fused-ring (bicyclic) bond motifs is 7. The lowest BCUT2D eigenvalue weighted by Gasteiger charge is -2.15. The van der Waals surface area contributed by atoms with E-state index in [2.05, 4.69) is 253 Å². The lowest BCUT2D eigenvalue weighted by molar-refractivity contribution is 1.18. The van der Waals surface area contributed by atoms with Crippen LogP contribution in [0.4, 0.5) is 0 Å². The predicted molar refractivity (Wildman–Crippen MR) is 282 cm³/mol. The predicted octanol–water partition coefficient (Wildman–Crippen LogP) is 17.0. The first-order valence-electron chi connectivity index (χ1n) is 22.9. The number of hydrogen-bond acceptors (Lipinski definition) is 2. The van der Waals surface area contributed by atoms with Crippen LogP contribution in [0.15, 0.2) is 249 Å². The zero-order chi connectivity index (χ0) is 44.3. The van der Waals surface area contributed by atoms with Gasteiger partial charge in [0.15, 0.2) is 5.82 Å². The molecule has 0 unspecified atom stereocenters. The molecule has 0 amide bonds. The molecule has 0 bridgehead atoms. The summed E-state index contributed by atoms with van der Waals surface area (Å²) in [4.78, 5) is 10.7. The third-order valence-electron chi connectivity index (χ3n) is 13.4. The lowest BCUT2D eigenvalue weighted by Crippen LogP contribution is -1.97. The Morgan fingerprint density at radius 2 is 0.851 bits per heavy atom. The number of para-hydroxylation sites is 3. The largest absolute Gasteiger partial charge is 0.309 e. The molecule has 3 nitrogen and oxygen atoms in total. The molecule has 11 aromatic carbocycles. The maximum Gasteiger partial charge on any atom is 0.160 e. The zero-order valence-electron chi connectivity index (χ0n) is 36.5. The van der Waals surface area contributed by atoms with Gasteiger partial charge in [-0.05, 0) is 96.5 Å². The van der Waals surface area contributed by atoms with Crippen molar-refractivity contribution in [3.63, 3.8) is 0 Å². The summed E-state index contributed by atoms with van der Waals surface area (Å²) in [5.41, 5.74) is 15.3. The third-order valence-corrected chi connectivity index (χ3v) is 13.4. The van der Waals surface area contributed by atoms with E-state index in [1.54, 1.807) is 0 Å². The number of benzene rings is 11. The fraction of sp³-hybridized carbons (Fsp3) is 0. The monoisotopic (exact) mass is 851 g/mol. The molecule has 0 saturated heterocycles. The maximum atomic E-state index is 5.38. The Bertz CT molecular complexity index is 4000. The van der Waals surface area contributed by atoms with Crippen LogP contribution in [0.2, 0.25) is 0 Å². The Kier molecular flexibility index (Phi) is 9.17. The first kappa shape index (κ1) is 38.5. The summed E-state index contributed by atoms with van der Waals surface area (Å²) in [6.45, 7) is 0. The summed E-state index contributed by atoms with van der Waals surface area (Å²) in [5, 5.41) is 9.92. The molecule has 0 aliphatic heterocycles. The molecule has 0 aliphatic carbocycles. The normalized spacial score (nSPS) is 11.6. The van der Waals surface area contributed by atoms with Crippen LogP contribution in [0.5, 0.6) is 0 Å². The Balaban J connectivity index is 0.962. The van der Waals surface area contributed by atoms with E-state index in [-0.39, 0.29) is 0 Å². The van der Waals surface area contributed by atoms with Gasteiger partial charge >= 0.3 is 0 Å². The third kappa shape index (κ3) is 6.67. The van der Waals surface area contributed by atoms with Gasteiger partial charge < -0.3 is 4.57 Å². The molecule has 0 fully saturated rings. The van der Waals surface area contributed by atoms with Gasteiger partial charge in [-0.2, -0.15) is 0 Å². The van der Waals surface area contributed by atoms with Crippen molar-refractivity contribution < 1.29 is 0 Å². The molecule has 2 heterocycles. The number of nitrogens with zero attached hydrogens (tertiary/aromatic N) is 3. The van der Waals surface area contributed by atoms with Gasteiger partial charge in [0.25, 0.3) is 0 Å². The summed E-state index contributed by atoms with van der Waals surface area (Å²) >= 11 is 0. The highest BCUT2D eigenvalue weighted by Crippen LogP contribution is 2.42. The molecule has 312 valence electrons. The van der Waals surface area contributed by atoms with Gasteiger partial charge in [0.1, 0.15) is 0 Å². The highest BCUT2D eigenvalue weighted by molar-refractivity contribution is 6.20. The van der Waals surface area contributed by atoms with Crippen LogP contribution in [-0.4, -0.2) is 14.5 Å². The second-order valence-corrected chi connectivity index (χ2v) is 17.3. The van der Waals surface area contributed by atoms with Gasteiger partial charge in [-0.25, -0.2) is 9.97 Å². The minimum Gasteiger partial charge on any atom is -0.309 e. The molecule has 0 N–H and O–H groups in total. The molecule has 0 spiro atoms. The van der Waals surface area contributed by atoms with Crippen molar-refractivity contribution in [3.8, 4) is 73.0 Å². The van der Waals surface area contributed by atoms with Gasteiger partial charge in [0.05, 0.1) is 22.4 Å². The molecule has 0 aliphatic rings. The van der Waals surface area contributed by atoms with Crippen LogP contribution < -0.4 is 0 Å². The van der Waals surface area contributed by atoms with Crippen LogP contribution in [0, 0.1) is 0 Å². The smallest absolute Gasteiger partial charge is 0.160 e. The van der Waals surface area contributed by atoms with E-state index in [1.165, 1.54) is 65.3 Å². The standard InChI is InChI=1S/C64H41N3/c1-3-15-42(16-4-1)43-29-31-45(32-30-43)59-41-60(50-20-13-19-48(39-50)54-26-14-27-57-55-25-11-12-28-61(55)67(63(54)57)51-21-5-2-6-22-51)66-64(65-59)47-35-33-46(34-36-47)62-53-24-10-8-18-49(53)40-58-52-23-9-7-17-44(52)37-38-56(58)62/h1-41H. The molecule has 67 heavy (non-hydrogen) atoms. The van der Waals surface area contributed by atoms with Crippen LogP contribution in [0.25, 0.3) is 127 Å². The summed E-state index contributed by atoms with van der Waals surface area (Å²) in [5.74, 6) is 0.677. The topological polar surface area (TPSA) is 30.7 Å². The quantitative estimate of drug-likeness (QED) is 0.118. The highest BCUT2D eigenvalue weighted by Gasteiger charge is 2.19. The van der Waals surface area contributed by atoms with Crippen molar-refractivity contribution in [2.75, 3.05) is 0 Å². The van der Waals surface area contributed by atoms with E-state index in [0.29, 0.717) is 5.82 Å². The van der Waals surface area contributed by atoms with Gasteiger partial charge in [0, 0.05) is 38.7 Å². The highest BCUT2D eigenvalue weighted by atomic mass is 15.0. The summed E-state index contributed by atoms with van der Waals surface area (Å²) in [7, 11) is 0. The number of aromatic nitrogens is 3. The Hall–Kier alpha value is -8.92. The number of hydrogen-bond donors (Lipinski definition) is 0. The van der Waals surface area contributed by atoms with Crippen LogP contribution in [0.3, 0.4) is 0 Å². The molecule has 2 aromatic heterocycles. The SMILES string of the molecule is c1ccc(-c2ccc(-c3cc(-c4cccc(-c5cccc6c7ccccc7n(-c7ccccc7)c56)c4)nc(-c4ccc(-c5c6ccccc6cc6c5ccc5ccccc56)cc4)n3)cc2)cc1. The fourth-order valence-electron chi connectivity index (χ4n) is 10.2. The fourth-order valence-corrected chi connectivity index (χ4v) is 10.2. The molecule has 13 aromatic rings. The molecule has 0 atom stereocenters. The lowest BCUT2D eigenvalue weighted by atomic mass is 9.89. The average molecular weight is 852 g/mol. The summed E-state index contributed by atoms with van der Waals surface area (Å²) < 4.78 is 2.40. The van der Waals surface area contributed by atoms with Gasteiger partial charge in [-0.15, -0.1) is 0 Å². The second-order valence-electron chi connectivity index (χ2n) is 17.3. The average Bonchev–Trinajstić information content (AvgIpc) is 3.75. The van der Waals surface area contributed by atoms with Crippen molar-refractivity contribution in [2.24, 2.45) is 0 Å². The molecule has 13 rings (SSSR count). The molecule has 3 heteroatoms. The number of rotatable bonds is 7. The van der Waals surface area contributed by atoms with Crippen LogP contribution in [0.1, 0.15) is 0 Å². The Morgan fingerprint density at radius 3 is 1.66 bits per heavy atom. The summed E-state index contributed by atoms with van der Waals surface area (Å²) in [6, 6.07) is 89.4. The summed E-state index contributed by atoms with van der Waals surface area (Å²) in [6.07, 6.45) is 0. The van der Waals surface area contributed by atoms with Crippen molar-refractivity contribution in [1.82, 2.24) is 14.5 Å². The van der Waals surface area contributed by atoms with E-state index in [9.17, 15) is 0 Å². The molecule has 0 radical (unpaired) electrons. The first-order valence-corrected chi connectivity index (χ1v) is 22.9. The van der Waals surface area contributed by atoms with Crippen molar-refractivity contribution in [3.05, 3.63) is 249 Å². The maximum absolute atomic E-state index is 5.38. The zero-order valence-corrected chi connectivity index (χ0v) is 36.5. The van der Waals surface area contributed by atoms with Crippen LogP contribution >= 0.6 is 0 Å². The van der Waals surface area contributed by atoms with E-state index in [1.807, 2.05) is 0 Å². The van der Waals surface area contributed by atoms with E-state index >= 15 is 0 Å². The molecular weight excluding hydrogens is 811 g/mol. The Morgan fingerprint density at radius 1 is 0.284 bits per heavy atom. The minimum atomic E-state index is 0.677.